The van der Waals surface area contributed by atoms with Gasteiger partial charge in [-0.2, -0.15) is 13.2 Å². The summed E-state index contributed by atoms with van der Waals surface area (Å²) in [5.74, 6) is -1.70. The van der Waals surface area contributed by atoms with Crippen LogP contribution in [0.1, 0.15) is 50.8 Å². The van der Waals surface area contributed by atoms with Gasteiger partial charge in [0.05, 0.1) is 18.7 Å². The lowest BCUT2D eigenvalue weighted by molar-refractivity contribution is -0.138. The number of carbonyl (C=O) groups excluding carboxylic acids is 2. The minimum absolute atomic E-state index is 0.0217. The normalized spacial score (nSPS) is 12.2. The fraction of sp³-hybridized carbons (Fsp3) is 0.250. The Balaban J connectivity index is 1.70. The minimum Gasteiger partial charge on any atom is -0.480 e. The van der Waals surface area contributed by atoms with Crippen LogP contribution in [0.3, 0.4) is 0 Å². The predicted molar refractivity (Wildman–Crippen MR) is 110 cm³/mol. The van der Waals surface area contributed by atoms with Crippen LogP contribution in [-0.2, 0) is 6.18 Å². The monoisotopic (exact) mass is 483 g/mol. The lowest BCUT2D eigenvalue weighted by Gasteiger charge is -2.12. The molecule has 0 aliphatic rings. The van der Waals surface area contributed by atoms with Gasteiger partial charge >= 0.3 is 6.18 Å². The van der Waals surface area contributed by atoms with Crippen molar-refractivity contribution in [2.45, 2.75) is 26.1 Å². The number of aromatic nitrogens is 3. The molecule has 0 aliphatic carbocycles. The van der Waals surface area contributed by atoms with Crippen LogP contribution in [0.2, 0.25) is 5.02 Å². The maximum Gasteiger partial charge on any atom is 0.416 e. The summed E-state index contributed by atoms with van der Waals surface area (Å²) in [5, 5.41) is 8.57. The molecule has 0 saturated carbocycles. The van der Waals surface area contributed by atoms with E-state index in [4.69, 9.17) is 20.9 Å². The quantitative estimate of drug-likeness (QED) is 0.539. The Morgan fingerprint density at radius 3 is 2.58 bits per heavy atom. The van der Waals surface area contributed by atoms with Gasteiger partial charge in [-0.25, -0.2) is 9.97 Å². The lowest BCUT2D eigenvalue weighted by atomic mass is 10.1. The first-order valence-corrected chi connectivity index (χ1v) is 9.70. The number of rotatable bonds is 6. The van der Waals surface area contributed by atoms with Crippen molar-refractivity contribution in [3.63, 3.8) is 0 Å². The van der Waals surface area contributed by atoms with Crippen molar-refractivity contribution in [1.82, 2.24) is 20.4 Å². The second-order valence-corrected chi connectivity index (χ2v) is 7.22. The molecule has 3 rings (SSSR count). The number of benzene rings is 1. The van der Waals surface area contributed by atoms with Gasteiger partial charge in [-0.3, -0.25) is 9.59 Å². The largest absolute Gasteiger partial charge is 0.480 e. The summed E-state index contributed by atoms with van der Waals surface area (Å²) < 4.78 is 49.2. The van der Waals surface area contributed by atoms with Gasteiger partial charge in [0.25, 0.3) is 11.8 Å². The number of hydrogen-bond acceptors (Lipinski definition) is 7. The van der Waals surface area contributed by atoms with Gasteiger partial charge in [0, 0.05) is 11.8 Å². The molecule has 174 valence electrons. The maximum atomic E-state index is 13.1. The van der Waals surface area contributed by atoms with Crippen molar-refractivity contribution in [2.24, 2.45) is 0 Å². The van der Waals surface area contributed by atoms with E-state index in [1.54, 1.807) is 6.92 Å². The molecule has 1 atom stereocenters. The topological polar surface area (TPSA) is 119 Å². The van der Waals surface area contributed by atoms with E-state index in [9.17, 15) is 22.8 Å². The summed E-state index contributed by atoms with van der Waals surface area (Å²) >= 11 is 6.04. The highest BCUT2D eigenvalue weighted by Crippen LogP contribution is 2.33. The number of hydrogen-bond donors (Lipinski definition) is 2. The van der Waals surface area contributed by atoms with E-state index in [1.165, 1.54) is 32.2 Å². The predicted octanol–water partition coefficient (Wildman–Crippen LogP) is 4.20. The molecule has 0 spiro atoms. The Kier molecular flexibility index (Phi) is 6.86. The van der Waals surface area contributed by atoms with E-state index in [2.05, 4.69) is 25.8 Å². The molecule has 0 radical (unpaired) electrons. The number of aryl methyl sites for hydroxylation is 1. The molecular weight excluding hydrogens is 467 g/mol. The summed E-state index contributed by atoms with van der Waals surface area (Å²) in [5.41, 5.74) is -0.852. The SMILES string of the molecule is COc1ncnc(C(=O)N[C@@H](C)c2cc(C(=O)Nc3ccc(C)c(C(F)(F)F)c3)on2)c1Cl. The van der Waals surface area contributed by atoms with Crippen LogP contribution in [0.15, 0.2) is 35.1 Å². The highest BCUT2D eigenvalue weighted by atomic mass is 35.5. The van der Waals surface area contributed by atoms with E-state index < -0.39 is 29.6 Å². The first kappa shape index (κ1) is 24.0. The average molecular weight is 484 g/mol. The third-order valence-electron chi connectivity index (χ3n) is 4.51. The second kappa shape index (κ2) is 9.45. The minimum atomic E-state index is -4.56. The Bertz CT molecular complexity index is 1200. The molecule has 2 heterocycles. The van der Waals surface area contributed by atoms with Gasteiger partial charge in [-0.15, -0.1) is 0 Å². The van der Waals surface area contributed by atoms with E-state index in [0.717, 1.165) is 12.4 Å². The van der Waals surface area contributed by atoms with Crippen LogP contribution in [0.5, 0.6) is 5.88 Å². The van der Waals surface area contributed by atoms with E-state index in [1.807, 2.05) is 0 Å². The van der Waals surface area contributed by atoms with Crippen LogP contribution >= 0.6 is 11.6 Å². The van der Waals surface area contributed by atoms with E-state index in [0.29, 0.717) is 0 Å². The molecule has 0 saturated heterocycles. The number of alkyl halides is 3. The van der Waals surface area contributed by atoms with E-state index >= 15 is 0 Å². The molecule has 13 heteroatoms. The molecule has 0 unspecified atom stereocenters. The van der Waals surface area contributed by atoms with Gasteiger partial charge in [-0.05, 0) is 31.5 Å². The van der Waals surface area contributed by atoms with Crippen molar-refractivity contribution < 1.29 is 32.0 Å². The summed E-state index contributed by atoms with van der Waals surface area (Å²) in [6.45, 7) is 2.89. The molecule has 0 aliphatic heterocycles. The third kappa shape index (κ3) is 5.40. The third-order valence-corrected chi connectivity index (χ3v) is 4.85. The number of halogens is 4. The van der Waals surface area contributed by atoms with Crippen molar-refractivity contribution in [3.05, 3.63) is 63.9 Å². The van der Waals surface area contributed by atoms with Gasteiger partial charge in [0.15, 0.2) is 5.69 Å². The number of carbonyl (C=O) groups is 2. The number of anilines is 1. The smallest absolute Gasteiger partial charge is 0.416 e. The zero-order valence-electron chi connectivity index (χ0n) is 17.5. The molecule has 2 amide bonds. The zero-order valence-corrected chi connectivity index (χ0v) is 18.2. The number of ether oxygens (including phenoxy) is 1. The number of nitrogens with one attached hydrogen (secondary N) is 2. The Morgan fingerprint density at radius 1 is 1.18 bits per heavy atom. The molecule has 9 nitrogen and oxygen atoms in total. The summed E-state index contributed by atoms with van der Waals surface area (Å²) in [6, 6.07) is 3.93. The fourth-order valence-electron chi connectivity index (χ4n) is 2.79. The van der Waals surface area contributed by atoms with Gasteiger partial charge < -0.3 is 19.9 Å². The van der Waals surface area contributed by atoms with Gasteiger partial charge in [0.2, 0.25) is 11.6 Å². The van der Waals surface area contributed by atoms with Crippen molar-refractivity contribution in [2.75, 3.05) is 12.4 Å². The first-order valence-electron chi connectivity index (χ1n) is 9.32. The lowest BCUT2D eigenvalue weighted by Crippen LogP contribution is -2.28. The Labute approximate surface area is 190 Å². The van der Waals surface area contributed by atoms with E-state index in [-0.39, 0.29) is 39.3 Å². The number of amides is 2. The van der Waals surface area contributed by atoms with Gasteiger partial charge in [-0.1, -0.05) is 22.8 Å². The van der Waals surface area contributed by atoms with Gasteiger partial charge in [0.1, 0.15) is 17.0 Å². The molecule has 33 heavy (non-hydrogen) atoms. The standard InChI is InChI=1S/C20H17ClF3N5O4/c1-9-4-5-11(6-12(9)20(22,23)24)28-17(30)14-7-13(29-33-14)10(2)27-18(31)16-15(21)19(32-3)26-8-25-16/h4-8,10H,1-3H3,(H,27,31)(H,28,30)/t10-/m0/s1. The zero-order chi connectivity index (χ0) is 24.3. The van der Waals surface area contributed by atoms with Crippen LogP contribution < -0.4 is 15.4 Å². The van der Waals surface area contributed by atoms with Crippen LogP contribution in [0, 0.1) is 6.92 Å². The van der Waals surface area contributed by atoms with Crippen molar-refractivity contribution in [3.8, 4) is 5.88 Å². The van der Waals surface area contributed by atoms with Crippen molar-refractivity contribution >= 4 is 29.1 Å². The van der Waals surface area contributed by atoms with Crippen LogP contribution in [0.25, 0.3) is 0 Å². The van der Waals surface area contributed by atoms with Crippen LogP contribution in [-0.4, -0.2) is 34.0 Å². The number of nitrogens with zero attached hydrogens (tertiary/aromatic N) is 3. The second-order valence-electron chi connectivity index (χ2n) is 6.84. The van der Waals surface area contributed by atoms with Crippen molar-refractivity contribution in [1.29, 1.82) is 0 Å². The first-order chi connectivity index (χ1) is 15.5. The highest BCUT2D eigenvalue weighted by molar-refractivity contribution is 6.34. The number of methoxy groups -OCH3 is 1. The maximum absolute atomic E-state index is 13.1. The molecule has 0 fully saturated rings. The Morgan fingerprint density at radius 2 is 1.91 bits per heavy atom. The summed E-state index contributed by atoms with van der Waals surface area (Å²) in [6.07, 6.45) is -3.45. The molecule has 2 aromatic heterocycles. The fourth-order valence-corrected chi connectivity index (χ4v) is 3.05. The molecular formula is C20H17ClF3N5O4. The molecule has 3 aromatic rings. The molecule has 0 bridgehead atoms. The molecule has 2 N–H and O–H groups in total. The summed E-state index contributed by atoms with van der Waals surface area (Å²) in [4.78, 5) is 32.5. The Hall–Kier alpha value is -3.67. The summed E-state index contributed by atoms with van der Waals surface area (Å²) in [7, 11) is 1.33. The highest BCUT2D eigenvalue weighted by Gasteiger charge is 2.32. The van der Waals surface area contributed by atoms with Crippen LogP contribution in [0.4, 0.5) is 18.9 Å². The average Bonchev–Trinajstić information content (AvgIpc) is 3.25. The molecule has 1 aromatic carbocycles.